The van der Waals surface area contributed by atoms with Gasteiger partial charge < -0.3 is 14.5 Å². The zero-order chi connectivity index (χ0) is 16.4. The van der Waals surface area contributed by atoms with Gasteiger partial charge in [0.25, 0.3) is 0 Å². The average Bonchev–Trinajstić information content (AvgIpc) is 2.86. The molecule has 2 aromatic rings. The minimum absolute atomic E-state index is 0.750. The highest BCUT2D eigenvalue weighted by molar-refractivity contribution is 5.42. The largest absolute Gasteiger partial charge is 0.378 e. The first-order valence-corrected chi connectivity index (χ1v) is 8.51. The van der Waals surface area contributed by atoms with E-state index in [9.17, 15) is 0 Å². The van der Waals surface area contributed by atoms with Crippen LogP contribution in [0.4, 0.5) is 11.8 Å². The summed E-state index contributed by atoms with van der Waals surface area (Å²) in [5.41, 5.74) is 3.57. The number of hydrogen-bond donors (Lipinski definition) is 0. The number of rotatable bonds is 2. The summed E-state index contributed by atoms with van der Waals surface area (Å²) in [7, 11) is 0. The molecule has 2 aromatic heterocycles. The maximum atomic E-state index is 5.43. The van der Waals surface area contributed by atoms with Gasteiger partial charge in [-0.2, -0.15) is 0 Å². The molecular formula is C17H22N6O. The predicted molar refractivity (Wildman–Crippen MR) is 91.5 cm³/mol. The van der Waals surface area contributed by atoms with Crippen LogP contribution in [0.25, 0.3) is 0 Å². The number of fused-ring (bicyclic) bond motifs is 1. The number of morpholine rings is 1. The third-order valence-electron chi connectivity index (χ3n) is 4.71. The van der Waals surface area contributed by atoms with Gasteiger partial charge in [0, 0.05) is 50.7 Å². The van der Waals surface area contributed by atoms with Gasteiger partial charge >= 0.3 is 0 Å². The molecule has 0 bridgehead atoms. The van der Waals surface area contributed by atoms with Crippen LogP contribution in [-0.4, -0.2) is 59.3 Å². The monoisotopic (exact) mass is 326 g/mol. The van der Waals surface area contributed by atoms with E-state index in [1.807, 2.05) is 6.20 Å². The molecule has 0 radical (unpaired) electrons. The first-order valence-electron chi connectivity index (χ1n) is 8.51. The fourth-order valence-electron chi connectivity index (χ4n) is 3.36. The van der Waals surface area contributed by atoms with E-state index in [0.717, 1.165) is 69.7 Å². The first-order chi connectivity index (χ1) is 11.8. The molecule has 0 unspecified atom stereocenters. The van der Waals surface area contributed by atoms with Crippen molar-refractivity contribution in [1.82, 2.24) is 19.9 Å². The Morgan fingerprint density at radius 1 is 0.958 bits per heavy atom. The summed E-state index contributed by atoms with van der Waals surface area (Å²) in [6, 6.07) is 0. The predicted octanol–water partition coefficient (Wildman–Crippen LogP) is 1.02. The van der Waals surface area contributed by atoms with Gasteiger partial charge in [-0.3, -0.25) is 4.98 Å². The van der Waals surface area contributed by atoms with Crippen molar-refractivity contribution in [2.24, 2.45) is 0 Å². The van der Waals surface area contributed by atoms with Crippen LogP contribution in [0.2, 0.25) is 0 Å². The zero-order valence-electron chi connectivity index (χ0n) is 14.0. The van der Waals surface area contributed by atoms with Crippen LogP contribution < -0.4 is 9.80 Å². The van der Waals surface area contributed by atoms with Crippen molar-refractivity contribution in [2.75, 3.05) is 49.2 Å². The van der Waals surface area contributed by atoms with Crippen molar-refractivity contribution in [3.63, 3.8) is 0 Å². The highest BCUT2D eigenvalue weighted by atomic mass is 16.5. The lowest BCUT2D eigenvalue weighted by atomic mass is 10.1. The Morgan fingerprint density at radius 3 is 2.58 bits per heavy atom. The molecule has 126 valence electrons. The molecule has 0 amide bonds. The Bertz CT molecular complexity index is 702. The van der Waals surface area contributed by atoms with Crippen LogP contribution in [-0.2, 0) is 17.6 Å². The molecule has 24 heavy (non-hydrogen) atoms. The molecule has 7 heteroatoms. The third-order valence-corrected chi connectivity index (χ3v) is 4.71. The van der Waals surface area contributed by atoms with E-state index in [1.54, 1.807) is 12.4 Å². The molecule has 0 aliphatic carbocycles. The van der Waals surface area contributed by atoms with E-state index in [0.29, 0.717) is 0 Å². The summed E-state index contributed by atoms with van der Waals surface area (Å²) in [5.74, 6) is 1.78. The maximum Gasteiger partial charge on any atom is 0.225 e. The van der Waals surface area contributed by atoms with Gasteiger partial charge in [0.15, 0.2) is 0 Å². The first kappa shape index (κ1) is 15.3. The molecular weight excluding hydrogens is 304 g/mol. The van der Waals surface area contributed by atoms with Crippen molar-refractivity contribution in [2.45, 2.75) is 19.8 Å². The molecule has 4 rings (SSSR count). The molecule has 0 N–H and O–H groups in total. The summed E-state index contributed by atoms with van der Waals surface area (Å²) in [6.07, 6.45) is 7.14. The van der Waals surface area contributed by atoms with Gasteiger partial charge in [0.05, 0.1) is 25.1 Å². The van der Waals surface area contributed by atoms with E-state index < -0.39 is 0 Å². The van der Waals surface area contributed by atoms with Crippen molar-refractivity contribution in [1.29, 1.82) is 0 Å². The summed E-state index contributed by atoms with van der Waals surface area (Å²) in [6.45, 7) is 7.16. The highest BCUT2D eigenvalue weighted by Crippen LogP contribution is 2.22. The summed E-state index contributed by atoms with van der Waals surface area (Å²) in [5, 5.41) is 0. The number of aromatic nitrogens is 4. The number of anilines is 2. The third kappa shape index (κ3) is 3.03. The van der Waals surface area contributed by atoms with Crippen LogP contribution in [0.3, 0.4) is 0 Å². The van der Waals surface area contributed by atoms with Gasteiger partial charge in [0.1, 0.15) is 5.82 Å². The zero-order valence-corrected chi connectivity index (χ0v) is 14.0. The number of hydrogen-bond acceptors (Lipinski definition) is 7. The van der Waals surface area contributed by atoms with Crippen LogP contribution in [0, 0.1) is 6.92 Å². The van der Waals surface area contributed by atoms with E-state index in [2.05, 4.69) is 26.7 Å². The highest BCUT2D eigenvalue weighted by Gasteiger charge is 2.22. The molecule has 0 saturated carbocycles. The molecule has 0 aromatic carbocycles. The Morgan fingerprint density at radius 2 is 1.79 bits per heavy atom. The molecule has 0 spiro atoms. The van der Waals surface area contributed by atoms with Crippen molar-refractivity contribution in [3.8, 4) is 0 Å². The molecule has 1 fully saturated rings. The Kier molecular flexibility index (Phi) is 4.25. The van der Waals surface area contributed by atoms with E-state index in [-0.39, 0.29) is 0 Å². The lowest BCUT2D eigenvalue weighted by Gasteiger charge is -2.27. The van der Waals surface area contributed by atoms with Crippen molar-refractivity contribution >= 4 is 11.8 Å². The second-order valence-electron chi connectivity index (χ2n) is 6.18. The normalized spacial score (nSPS) is 18.2. The minimum Gasteiger partial charge on any atom is -0.378 e. The number of nitrogens with zero attached hydrogens (tertiary/aromatic N) is 6. The van der Waals surface area contributed by atoms with Crippen LogP contribution in [0.15, 0.2) is 18.6 Å². The van der Waals surface area contributed by atoms with Crippen LogP contribution >= 0.6 is 0 Å². The SMILES string of the molecule is Cc1nc(N2CCOCC2)nc2c1CCN(c1cnccn1)CC2. The molecule has 7 nitrogen and oxygen atoms in total. The minimum atomic E-state index is 0.750. The number of ether oxygens (including phenoxy) is 1. The Balaban J connectivity index is 1.57. The lowest BCUT2D eigenvalue weighted by Crippen LogP contribution is -2.37. The molecule has 2 aliphatic heterocycles. The van der Waals surface area contributed by atoms with E-state index in [1.165, 1.54) is 11.3 Å². The van der Waals surface area contributed by atoms with E-state index >= 15 is 0 Å². The van der Waals surface area contributed by atoms with Gasteiger partial charge in [-0.1, -0.05) is 0 Å². The second-order valence-corrected chi connectivity index (χ2v) is 6.18. The lowest BCUT2D eigenvalue weighted by molar-refractivity contribution is 0.122. The fraction of sp³-hybridized carbons (Fsp3) is 0.529. The Hall–Kier alpha value is -2.28. The second kappa shape index (κ2) is 6.68. The topological polar surface area (TPSA) is 67.3 Å². The molecule has 0 atom stereocenters. The summed E-state index contributed by atoms with van der Waals surface area (Å²) >= 11 is 0. The standard InChI is InChI=1S/C17H22N6O/c1-13-14-2-6-22(16-12-18-4-5-19-16)7-3-15(14)21-17(20-13)23-8-10-24-11-9-23/h4-5,12H,2-3,6-11H2,1H3. The molecule has 4 heterocycles. The fourth-order valence-corrected chi connectivity index (χ4v) is 3.36. The number of aryl methyl sites for hydroxylation is 1. The van der Waals surface area contributed by atoms with Crippen LogP contribution in [0.5, 0.6) is 0 Å². The van der Waals surface area contributed by atoms with Gasteiger partial charge in [-0.25, -0.2) is 15.0 Å². The summed E-state index contributed by atoms with van der Waals surface area (Å²) < 4.78 is 5.43. The Labute approximate surface area is 141 Å². The van der Waals surface area contributed by atoms with Crippen LogP contribution in [0.1, 0.15) is 17.0 Å². The van der Waals surface area contributed by atoms with E-state index in [4.69, 9.17) is 14.7 Å². The van der Waals surface area contributed by atoms with Gasteiger partial charge in [-0.15, -0.1) is 0 Å². The maximum absolute atomic E-state index is 5.43. The summed E-state index contributed by atoms with van der Waals surface area (Å²) in [4.78, 5) is 22.8. The van der Waals surface area contributed by atoms with Gasteiger partial charge in [-0.05, 0) is 18.9 Å². The van der Waals surface area contributed by atoms with Crippen molar-refractivity contribution < 1.29 is 4.74 Å². The quantitative estimate of drug-likeness (QED) is 0.816. The molecule has 1 saturated heterocycles. The molecule has 2 aliphatic rings. The smallest absolute Gasteiger partial charge is 0.225 e. The average molecular weight is 326 g/mol. The van der Waals surface area contributed by atoms with Crippen molar-refractivity contribution in [3.05, 3.63) is 35.5 Å². The van der Waals surface area contributed by atoms with Gasteiger partial charge in [0.2, 0.25) is 5.95 Å².